The molecule has 0 spiro atoms. The van der Waals surface area contributed by atoms with Gasteiger partial charge in [-0.25, -0.2) is 4.39 Å². The molecule has 0 radical (unpaired) electrons. The van der Waals surface area contributed by atoms with Crippen molar-refractivity contribution in [2.24, 2.45) is 0 Å². The summed E-state index contributed by atoms with van der Waals surface area (Å²) < 4.78 is 13.2. The minimum absolute atomic E-state index is 0. The summed E-state index contributed by atoms with van der Waals surface area (Å²) in [5, 5.41) is 3.14. The second-order valence-corrected chi connectivity index (χ2v) is 5.60. The molecule has 1 N–H and O–H groups in total. The van der Waals surface area contributed by atoms with Crippen molar-refractivity contribution in [3.05, 3.63) is 35.6 Å². The third-order valence-electron chi connectivity index (χ3n) is 4.04. The van der Waals surface area contributed by atoms with Crippen LogP contribution in [0.4, 0.5) is 4.39 Å². The lowest BCUT2D eigenvalue weighted by molar-refractivity contribution is -0.132. The van der Waals surface area contributed by atoms with Gasteiger partial charge in [-0.05, 0) is 43.5 Å². The van der Waals surface area contributed by atoms with Gasteiger partial charge in [0.1, 0.15) is 5.82 Å². The highest BCUT2D eigenvalue weighted by molar-refractivity contribution is 5.85. The number of hydrogen-bond donors (Lipinski definition) is 1. The largest absolute Gasteiger partial charge is 0.338 e. The average Bonchev–Trinajstić information content (AvgIpc) is 2.87. The van der Waals surface area contributed by atoms with E-state index in [4.69, 9.17) is 0 Å². The third kappa shape index (κ3) is 4.68. The minimum Gasteiger partial charge on any atom is -0.338 e. The number of amides is 1. The zero-order valence-corrected chi connectivity index (χ0v) is 13.5. The molecule has 118 valence electrons. The fraction of sp³-hybridized carbons (Fsp3) is 0.562. The molecule has 1 fully saturated rings. The number of carbonyl (C=O) groups is 1. The summed E-state index contributed by atoms with van der Waals surface area (Å²) in [6, 6.07) is 6.85. The monoisotopic (exact) mass is 314 g/mol. The van der Waals surface area contributed by atoms with E-state index < -0.39 is 0 Å². The molecule has 0 bridgehead atoms. The van der Waals surface area contributed by atoms with Gasteiger partial charge in [-0.2, -0.15) is 0 Å². The fourth-order valence-corrected chi connectivity index (χ4v) is 2.92. The lowest BCUT2D eigenvalue weighted by atomic mass is 9.97. The molecule has 5 heteroatoms. The molecule has 0 aromatic heterocycles. The van der Waals surface area contributed by atoms with Crippen molar-refractivity contribution in [3.63, 3.8) is 0 Å². The molecule has 2 atom stereocenters. The molecule has 2 rings (SSSR count). The topological polar surface area (TPSA) is 32.3 Å². The summed E-state index contributed by atoms with van der Waals surface area (Å²) in [6.07, 6.45) is 2.59. The van der Waals surface area contributed by atoms with Crippen molar-refractivity contribution in [3.8, 4) is 0 Å². The number of hydrogen-bond acceptors (Lipinski definition) is 2. The first-order chi connectivity index (χ1) is 9.61. The normalized spacial score (nSPS) is 19.2. The van der Waals surface area contributed by atoms with Gasteiger partial charge in [0, 0.05) is 25.6 Å². The number of nitrogens with one attached hydrogen (secondary N) is 1. The molecule has 1 aliphatic rings. The number of halogens is 2. The van der Waals surface area contributed by atoms with Crippen molar-refractivity contribution >= 4 is 18.3 Å². The van der Waals surface area contributed by atoms with E-state index in [1.54, 1.807) is 6.07 Å². The highest BCUT2D eigenvalue weighted by Gasteiger charge is 2.28. The maximum absolute atomic E-state index is 13.2. The molecule has 3 nitrogen and oxygen atoms in total. The van der Waals surface area contributed by atoms with E-state index in [2.05, 4.69) is 5.32 Å². The summed E-state index contributed by atoms with van der Waals surface area (Å²) in [6.45, 7) is 3.68. The molecule has 1 aromatic rings. The van der Waals surface area contributed by atoms with E-state index in [-0.39, 0.29) is 30.0 Å². The number of likely N-dealkylation sites (N-methyl/N-ethyl adjacent to an activating group) is 1. The highest BCUT2D eigenvalue weighted by atomic mass is 35.5. The van der Waals surface area contributed by atoms with E-state index >= 15 is 0 Å². The van der Waals surface area contributed by atoms with Gasteiger partial charge in [-0.1, -0.05) is 19.1 Å². The third-order valence-corrected chi connectivity index (χ3v) is 4.04. The van der Waals surface area contributed by atoms with Gasteiger partial charge in [-0.3, -0.25) is 4.79 Å². The van der Waals surface area contributed by atoms with Crippen LogP contribution in [0.25, 0.3) is 0 Å². The molecule has 1 aliphatic heterocycles. The quantitative estimate of drug-likeness (QED) is 0.906. The molecule has 1 heterocycles. The van der Waals surface area contributed by atoms with Gasteiger partial charge in [0.25, 0.3) is 0 Å². The SMILES string of the molecule is CNCC1CCCN1C(=O)CC(C)c1cccc(F)c1.Cl. The molecule has 0 saturated carbocycles. The molecule has 1 amide bonds. The maximum Gasteiger partial charge on any atom is 0.223 e. The Hall–Kier alpha value is -1.13. The molecular formula is C16H24ClFN2O. The summed E-state index contributed by atoms with van der Waals surface area (Å²) >= 11 is 0. The zero-order valence-electron chi connectivity index (χ0n) is 12.6. The lowest BCUT2D eigenvalue weighted by Gasteiger charge is -2.26. The minimum atomic E-state index is -0.240. The van der Waals surface area contributed by atoms with Crippen LogP contribution in [0.15, 0.2) is 24.3 Å². The van der Waals surface area contributed by atoms with Crippen LogP contribution in [-0.4, -0.2) is 37.0 Å². The molecule has 1 saturated heterocycles. The van der Waals surface area contributed by atoms with E-state index in [9.17, 15) is 9.18 Å². The van der Waals surface area contributed by atoms with Gasteiger partial charge >= 0.3 is 0 Å². The Labute approximate surface area is 132 Å². The standard InChI is InChI=1S/C16H23FN2O.ClH/c1-12(13-5-3-6-14(17)10-13)9-16(20)19-8-4-7-15(19)11-18-2;/h3,5-6,10,12,15,18H,4,7-9,11H2,1-2H3;1H. The molecular weight excluding hydrogens is 291 g/mol. The second kappa shape index (κ2) is 8.35. The van der Waals surface area contributed by atoms with Crippen LogP contribution in [0.3, 0.4) is 0 Å². The Balaban J connectivity index is 0.00000220. The van der Waals surface area contributed by atoms with Crippen LogP contribution < -0.4 is 5.32 Å². The van der Waals surface area contributed by atoms with Crippen molar-refractivity contribution in [1.29, 1.82) is 0 Å². The second-order valence-electron chi connectivity index (χ2n) is 5.60. The van der Waals surface area contributed by atoms with E-state index in [0.29, 0.717) is 12.5 Å². The summed E-state index contributed by atoms with van der Waals surface area (Å²) in [7, 11) is 1.91. The van der Waals surface area contributed by atoms with Gasteiger partial charge < -0.3 is 10.2 Å². The maximum atomic E-state index is 13.2. The summed E-state index contributed by atoms with van der Waals surface area (Å²) in [5.74, 6) is -0.00965. The van der Waals surface area contributed by atoms with Crippen molar-refractivity contribution in [2.75, 3.05) is 20.1 Å². The predicted molar refractivity (Wildman–Crippen MR) is 85.3 cm³/mol. The van der Waals surface area contributed by atoms with E-state index in [1.165, 1.54) is 12.1 Å². The first-order valence-electron chi connectivity index (χ1n) is 7.31. The van der Waals surface area contributed by atoms with Crippen LogP contribution in [-0.2, 0) is 4.79 Å². The Bertz CT molecular complexity index is 469. The zero-order chi connectivity index (χ0) is 14.5. The smallest absolute Gasteiger partial charge is 0.223 e. The number of likely N-dealkylation sites (tertiary alicyclic amines) is 1. The lowest BCUT2D eigenvalue weighted by Crippen LogP contribution is -2.41. The van der Waals surface area contributed by atoms with Crippen LogP contribution >= 0.6 is 12.4 Å². The first kappa shape index (κ1) is 17.9. The van der Waals surface area contributed by atoms with Crippen molar-refractivity contribution in [2.45, 2.75) is 38.1 Å². The van der Waals surface area contributed by atoms with Crippen molar-refractivity contribution < 1.29 is 9.18 Å². The Morgan fingerprint density at radius 2 is 2.29 bits per heavy atom. The van der Waals surface area contributed by atoms with Gasteiger partial charge in [-0.15, -0.1) is 12.4 Å². The Morgan fingerprint density at radius 1 is 1.52 bits per heavy atom. The number of carbonyl (C=O) groups excluding carboxylic acids is 1. The van der Waals surface area contributed by atoms with Crippen molar-refractivity contribution in [1.82, 2.24) is 10.2 Å². The van der Waals surface area contributed by atoms with Crippen LogP contribution in [0, 0.1) is 5.82 Å². The van der Waals surface area contributed by atoms with E-state index in [0.717, 1.165) is 31.5 Å². The predicted octanol–water partition coefficient (Wildman–Crippen LogP) is 2.95. The van der Waals surface area contributed by atoms with Crippen LogP contribution in [0.5, 0.6) is 0 Å². The van der Waals surface area contributed by atoms with Crippen LogP contribution in [0.2, 0.25) is 0 Å². The van der Waals surface area contributed by atoms with Gasteiger partial charge in [0.2, 0.25) is 5.91 Å². The van der Waals surface area contributed by atoms with E-state index in [1.807, 2.05) is 24.9 Å². The van der Waals surface area contributed by atoms with Crippen LogP contribution in [0.1, 0.15) is 37.7 Å². The number of rotatable bonds is 5. The molecule has 21 heavy (non-hydrogen) atoms. The first-order valence-corrected chi connectivity index (χ1v) is 7.31. The molecule has 2 unspecified atom stereocenters. The number of nitrogens with zero attached hydrogens (tertiary/aromatic N) is 1. The van der Waals surface area contributed by atoms with Gasteiger partial charge in [0.15, 0.2) is 0 Å². The Kier molecular flexibility index (Phi) is 7.12. The van der Waals surface area contributed by atoms with Gasteiger partial charge in [0.05, 0.1) is 0 Å². The summed E-state index contributed by atoms with van der Waals surface area (Å²) in [4.78, 5) is 14.4. The Morgan fingerprint density at radius 3 is 2.95 bits per heavy atom. The summed E-state index contributed by atoms with van der Waals surface area (Å²) in [5.41, 5.74) is 0.891. The molecule has 1 aromatic carbocycles. The average molecular weight is 315 g/mol. The number of benzene rings is 1. The molecule has 0 aliphatic carbocycles. The fourth-order valence-electron chi connectivity index (χ4n) is 2.92. The highest BCUT2D eigenvalue weighted by Crippen LogP contribution is 2.24.